The average molecular weight is 271 g/mol. The predicted molar refractivity (Wildman–Crippen MR) is 74.2 cm³/mol. The molecule has 20 heavy (non-hydrogen) atoms. The van der Waals surface area contributed by atoms with Crippen LogP contribution in [-0.4, -0.2) is 22.1 Å². The lowest BCUT2D eigenvalue weighted by atomic mass is 10.1. The van der Waals surface area contributed by atoms with Crippen molar-refractivity contribution in [2.45, 2.75) is 6.92 Å². The fraction of sp³-hybridized carbons (Fsp3) is 0.0667. The highest BCUT2D eigenvalue weighted by Gasteiger charge is 2.14. The number of carbonyl (C=O) groups excluding carboxylic acids is 1. The maximum atomic E-state index is 12.0. The molecule has 0 heterocycles. The summed E-state index contributed by atoms with van der Waals surface area (Å²) in [5.74, 6) is -1.62. The Kier molecular flexibility index (Phi) is 3.70. The number of phenolic OH excluding ortho intramolecular Hbond substituents is 1. The van der Waals surface area contributed by atoms with Gasteiger partial charge in [-0.1, -0.05) is 17.7 Å². The number of rotatable bonds is 3. The molecule has 102 valence electrons. The fourth-order valence-electron chi connectivity index (χ4n) is 1.79. The molecule has 0 fully saturated rings. The molecule has 0 aromatic heterocycles. The standard InChI is InChI=1S/C15H13NO4/c1-9-5-6-13(12(7-9)15(19)20)16-14(18)10-3-2-4-11(17)8-10/h2-8,17H,1H3,(H,16,18)(H,19,20). The first kappa shape index (κ1) is 13.6. The van der Waals surface area contributed by atoms with Gasteiger partial charge in [-0.3, -0.25) is 4.79 Å². The number of carbonyl (C=O) groups is 2. The van der Waals surface area contributed by atoms with E-state index >= 15 is 0 Å². The zero-order valence-electron chi connectivity index (χ0n) is 10.8. The number of aryl methyl sites for hydroxylation is 1. The molecule has 2 aromatic rings. The highest BCUT2D eigenvalue weighted by molar-refractivity contribution is 6.07. The van der Waals surface area contributed by atoms with Gasteiger partial charge in [0.05, 0.1) is 11.3 Å². The number of hydrogen-bond acceptors (Lipinski definition) is 3. The van der Waals surface area contributed by atoms with Crippen LogP contribution < -0.4 is 5.32 Å². The maximum Gasteiger partial charge on any atom is 0.337 e. The van der Waals surface area contributed by atoms with Crippen LogP contribution in [0.2, 0.25) is 0 Å². The number of carboxylic acids is 1. The first-order valence-corrected chi connectivity index (χ1v) is 5.91. The van der Waals surface area contributed by atoms with Gasteiger partial charge in [0.1, 0.15) is 5.75 Å². The first-order chi connectivity index (χ1) is 9.47. The summed E-state index contributed by atoms with van der Waals surface area (Å²) in [6, 6.07) is 10.6. The molecular weight excluding hydrogens is 258 g/mol. The summed E-state index contributed by atoms with van der Waals surface area (Å²) in [5.41, 5.74) is 1.29. The van der Waals surface area contributed by atoms with Crippen molar-refractivity contribution in [2.75, 3.05) is 5.32 Å². The predicted octanol–water partition coefficient (Wildman–Crippen LogP) is 2.65. The Morgan fingerprint density at radius 2 is 1.85 bits per heavy atom. The molecule has 1 amide bonds. The van der Waals surface area contributed by atoms with E-state index in [-0.39, 0.29) is 22.6 Å². The summed E-state index contributed by atoms with van der Waals surface area (Å²) >= 11 is 0. The van der Waals surface area contributed by atoms with Crippen molar-refractivity contribution in [3.63, 3.8) is 0 Å². The molecule has 0 saturated heterocycles. The van der Waals surface area contributed by atoms with Crippen LogP contribution in [0, 0.1) is 6.92 Å². The van der Waals surface area contributed by atoms with Gasteiger partial charge in [0, 0.05) is 5.56 Å². The van der Waals surface area contributed by atoms with Crippen molar-refractivity contribution in [1.82, 2.24) is 0 Å². The van der Waals surface area contributed by atoms with Gasteiger partial charge < -0.3 is 15.5 Å². The van der Waals surface area contributed by atoms with Gasteiger partial charge in [-0.2, -0.15) is 0 Å². The van der Waals surface area contributed by atoms with Gasteiger partial charge in [0.2, 0.25) is 0 Å². The SMILES string of the molecule is Cc1ccc(NC(=O)c2cccc(O)c2)c(C(=O)O)c1. The lowest BCUT2D eigenvalue weighted by Gasteiger charge is -2.09. The van der Waals surface area contributed by atoms with Crippen LogP contribution in [0.1, 0.15) is 26.3 Å². The van der Waals surface area contributed by atoms with Gasteiger partial charge >= 0.3 is 5.97 Å². The number of phenols is 1. The topological polar surface area (TPSA) is 86.6 Å². The molecule has 0 saturated carbocycles. The number of aromatic hydroxyl groups is 1. The van der Waals surface area contributed by atoms with Crippen molar-refractivity contribution in [1.29, 1.82) is 0 Å². The van der Waals surface area contributed by atoms with Gasteiger partial charge in [-0.05, 0) is 37.3 Å². The molecule has 2 rings (SSSR count). The number of hydrogen-bond donors (Lipinski definition) is 3. The minimum Gasteiger partial charge on any atom is -0.508 e. The smallest absolute Gasteiger partial charge is 0.337 e. The number of anilines is 1. The molecule has 0 aliphatic rings. The van der Waals surface area contributed by atoms with Gasteiger partial charge in [-0.25, -0.2) is 4.79 Å². The summed E-state index contributed by atoms with van der Waals surface area (Å²) in [7, 11) is 0. The summed E-state index contributed by atoms with van der Waals surface area (Å²) in [6.07, 6.45) is 0. The average Bonchev–Trinajstić information content (AvgIpc) is 2.40. The van der Waals surface area contributed by atoms with Crippen molar-refractivity contribution in [3.8, 4) is 5.75 Å². The minimum atomic E-state index is -1.11. The molecule has 0 spiro atoms. The summed E-state index contributed by atoms with van der Waals surface area (Å²) in [5, 5.41) is 21.0. The van der Waals surface area contributed by atoms with Crippen LogP contribution in [0.4, 0.5) is 5.69 Å². The van der Waals surface area contributed by atoms with E-state index in [0.717, 1.165) is 5.56 Å². The highest BCUT2D eigenvalue weighted by atomic mass is 16.4. The molecule has 5 nitrogen and oxygen atoms in total. The first-order valence-electron chi connectivity index (χ1n) is 5.91. The monoisotopic (exact) mass is 271 g/mol. The van der Waals surface area contributed by atoms with E-state index in [9.17, 15) is 14.7 Å². The van der Waals surface area contributed by atoms with Crippen molar-refractivity contribution in [3.05, 3.63) is 59.2 Å². The summed E-state index contributed by atoms with van der Waals surface area (Å²) in [4.78, 5) is 23.2. The summed E-state index contributed by atoms with van der Waals surface area (Å²) < 4.78 is 0. The van der Waals surface area contributed by atoms with E-state index in [2.05, 4.69) is 5.32 Å². The van der Waals surface area contributed by atoms with Gasteiger partial charge in [-0.15, -0.1) is 0 Å². The van der Waals surface area contributed by atoms with E-state index in [1.54, 1.807) is 19.1 Å². The Balaban J connectivity index is 2.30. The van der Waals surface area contributed by atoms with E-state index in [1.807, 2.05) is 0 Å². The number of aromatic carboxylic acids is 1. The number of amides is 1. The Bertz CT molecular complexity index is 679. The molecule has 5 heteroatoms. The van der Waals surface area contributed by atoms with Crippen molar-refractivity contribution >= 4 is 17.6 Å². The molecule has 0 radical (unpaired) electrons. The van der Waals surface area contributed by atoms with Crippen LogP contribution in [-0.2, 0) is 0 Å². The molecule has 0 unspecified atom stereocenters. The molecule has 0 aliphatic carbocycles. The second-order valence-electron chi connectivity index (χ2n) is 4.36. The lowest BCUT2D eigenvalue weighted by molar-refractivity contribution is 0.0698. The quantitative estimate of drug-likeness (QED) is 0.801. The van der Waals surface area contributed by atoms with E-state index < -0.39 is 11.9 Å². The maximum absolute atomic E-state index is 12.0. The molecule has 2 aromatic carbocycles. The summed E-state index contributed by atoms with van der Waals surface area (Å²) in [6.45, 7) is 1.77. The minimum absolute atomic E-state index is 0.0264. The van der Waals surface area contributed by atoms with E-state index in [0.29, 0.717) is 0 Å². The zero-order chi connectivity index (χ0) is 14.7. The molecule has 3 N–H and O–H groups in total. The Labute approximate surface area is 115 Å². The molecular formula is C15H13NO4. The van der Waals surface area contributed by atoms with Crippen LogP contribution in [0.3, 0.4) is 0 Å². The molecule has 0 atom stereocenters. The van der Waals surface area contributed by atoms with E-state index in [4.69, 9.17) is 5.11 Å². The Morgan fingerprint density at radius 3 is 2.50 bits per heavy atom. The normalized spacial score (nSPS) is 10.1. The largest absolute Gasteiger partial charge is 0.508 e. The highest BCUT2D eigenvalue weighted by Crippen LogP contribution is 2.19. The fourth-order valence-corrected chi connectivity index (χ4v) is 1.79. The second kappa shape index (κ2) is 5.44. The van der Waals surface area contributed by atoms with Crippen molar-refractivity contribution < 1.29 is 19.8 Å². The third-order valence-corrected chi connectivity index (χ3v) is 2.76. The van der Waals surface area contributed by atoms with E-state index in [1.165, 1.54) is 30.3 Å². The van der Waals surface area contributed by atoms with Crippen LogP contribution in [0.25, 0.3) is 0 Å². The Hall–Kier alpha value is -2.82. The number of carboxylic acid groups (broad SMARTS) is 1. The third-order valence-electron chi connectivity index (χ3n) is 2.76. The van der Waals surface area contributed by atoms with Crippen LogP contribution >= 0.6 is 0 Å². The second-order valence-corrected chi connectivity index (χ2v) is 4.36. The van der Waals surface area contributed by atoms with Gasteiger partial charge in [0.15, 0.2) is 0 Å². The Morgan fingerprint density at radius 1 is 1.10 bits per heavy atom. The van der Waals surface area contributed by atoms with Gasteiger partial charge in [0.25, 0.3) is 5.91 Å². The van der Waals surface area contributed by atoms with Crippen molar-refractivity contribution in [2.24, 2.45) is 0 Å². The van der Waals surface area contributed by atoms with Crippen LogP contribution in [0.15, 0.2) is 42.5 Å². The third kappa shape index (κ3) is 2.95. The number of benzene rings is 2. The van der Waals surface area contributed by atoms with Crippen LogP contribution in [0.5, 0.6) is 5.75 Å². The molecule has 0 bridgehead atoms. The molecule has 0 aliphatic heterocycles. The lowest BCUT2D eigenvalue weighted by Crippen LogP contribution is -2.14. The zero-order valence-corrected chi connectivity index (χ0v) is 10.8. The number of nitrogens with one attached hydrogen (secondary N) is 1.